The lowest BCUT2D eigenvalue weighted by Gasteiger charge is -2.63. The molecule has 0 aromatic heterocycles. The van der Waals surface area contributed by atoms with Gasteiger partial charge in [-0.2, -0.15) is 0 Å². The monoisotopic (exact) mass is 1050 g/mol. The molecule has 287 valence electrons. The third kappa shape index (κ3) is 27.2. The molecule has 0 amide bonds. The van der Waals surface area contributed by atoms with Crippen molar-refractivity contribution in [2.75, 3.05) is 0 Å². The minimum atomic E-state index is -2.22. The van der Waals surface area contributed by atoms with Gasteiger partial charge in [-0.25, -0.2) is 0 Å². The van der Waals surface area contributed by atoms with Crippen molar-refractivity contribution in [3.63, 3.8) is 0 Å². The molecular weight excluding hydrogens is 1030 g/mol. The molecule has 0 aliphatic heterocycles. The van der Waals surface area contributed by atoms with Crippen LogP contribution in [0.2, 0.25) is 5.62 Å². The summed E-state index contributed by atoms with van der Waals surface area (Å²) in [4.78, 5) is 0. The topological polar surface area (TPSA) is 0 Å². The summed E-state index contributed by atoms with van der Waals surface area (Å²) in [7, 11) is 340. The molecule has 0 aliphatic rings. The zero-order chi connectivity index (χ0) is 75.3. The fourth-order valence-electron chi connectivity index (χ4n) is 17.1. The summed E-state index contributed by atoms with van der Waals surface area (Å²) in [5, 5.41) is 0. The van der Waals surface area contributed by atoms with Crippen LogP contribution in [-0.4, -0.2) is 666 Å². The van der Waals surface area contributed by atoms with Crippen molar-refractivity contribution < 1.29 is 0 Å². The quantitative estimate of drug-likeness (QED) is 0.0533. The van der Waals surface area contributed by atoms with E-state index in [0.717, 1.165) is 7.06 Å². The Bertz CT molecular complexity index is 1570. The first-order valence-electron chi connectivity index (χ1n) is 31.3. The Kier molecular flexibility index (Phi) is 49.7. The Balaban J connectivity index is 14.3. The first-order valence-corrected chi connectivity index (χ1v) is 31.3. The van der Waals surface area contributed by atoms with Crippen molar-refractivity contribution in [3.8, 4) is 0 Å². The molecule has 0 atom stereocenters. The minimum absolute atomic E-state index is 0.990. The van der Waals surface area contributed by atoms with Crippen LogP contribution in [0.1, 0.15) is 0 Å². The number of hydrogen-bond donors (Lipinski definition) is 0. The van der Waals surface area contributed by atoms with Gasteiger partial charge in [-0.05, 0) is 0 Å². The van der Waals surface area contributed by atoms with E-state index in [9.17, 15) is 0 Å². The molecular formula is CHB94. The summed E-state index contributed by atoms with van der Waals surface area (Å²) in [6.45, 7) is -6.34. The number of hydrogen-bond acceptors (Lipinski definition) is 0. The van der Waals surface area contributed by atoms with E-state index >= 15 is 0 Å². The molecule has 0 bridgehead atoms. The van der Waals surface area contributed by atoms with E-state index in [2.05, 4.69) is 0 Å². The van der Waals surface area contributed by atoms with Gasteiger partial charge in [0, 0.05) is 666 Å². The smallest absolute Gasteiger partial charge is 0.0294 e. The second-order valence-electron chi connectivity index (χ2n) is 26.8. The van der Waals surface area contributed by atoms with Gasteiger partial charge in [0.2, 0.25) is 0 Å². The van der Waals surface area contributed by atoms with Crippen LogP contribution in [0.25, 0.3) is 0 Å². The van der Waals surface area contributed by atoms with Crippen LogP contribution in [0, 0.1) is 0 Å². The molecule has 94 heteroatoms. The summed E-state index contributed by atoms with van der Waals surface area (Å²) in [6, 6.07) is 0. The van der Waals surface area contributed by atoms with Crippen LogP contribution in [0.4, 0.5) is 0 Å². The second kappa shape index (κ2) is 46.7. The Morgan fingerprint density at radius 1 is 0.126 bits per heavy atom. The van der Waals surface area contributed by atoms with E-state index < -0.39 is 293 Å². The molecule has 0 heterocycles. The second-order valence-corrected chi connectivity index (χ2v) is 26.8. The van der Waals surface area contributed by atoms with Crippen molar-refractivity contribution >= 4 is 666 Å². The average molecular weight is 1030 g/mol. The molecule has 0 aromatic carbocycles. The maximum atomic E-state index is 7.27. The van der Waals surface area contributed by atoms with Crippen LogP contribution in [-0.2, 0) is 0 Å². The molecule has 97 radical (unpaired) electrons. The van der Waals surface area contributed by atoms with Crippen molar-refractivity contribution in [2.24, 2.45) is 0 Å². The molecule has 0 fully saturated rings. The van der Waals surface area contributed by atoms with Crippen LogP contribution in [0.5, 0.6) is 0 Å². The van der Waals surface area contributed by atoms with Crippen LogP contribution in [0.15, 0.2) is 0 Å². The first-order chi connectivity index (χ1) is 43.3. The molecule has 0 saturated carbocycles. The van der Waals surface area contributed by atoms with Crippen molar-refractivity contribution in [1.29, 1.82) is 0 Å². The van der Waals surface area contributed by atoms with Crippen LogP contribution < -0.4 is 0 Å². The predicted octanol–water partition coefficient (Wildman–Crippen LogP) is -35.5. The van der Waals surface area contributed by atoms with Gasteiger partial charge in [0.05, 0.1) is 0 Å². The summed E-state index contributed by atoms with van der Waals surface area (Å²) in [6.07, 6.45) is -76.1. The predicted molar refractivity (Wildman–Crippen MR) is 545 cm³/mol. The Labute approximate surface area is 664 Å². The normalized spacial score (nSPS) is 9.91. The van der Waals surface area contributed by atoms with Crippen LogP contribution in [0.3, 0.4) is 0 Å². The summed E-state index contributed by atoms with van der Waals surface area (Å²) in [5.74, 6) is 0. The van der Waals surface area contributed by atoms with E-state index in [4.69, 9.17) is 371 Å². The highest BCUT2D eigenvalue weighted by molar-refractivity contribution is 8.32. The van der Waals surface area contributed by atoms with Gasteiger partial charge in [-0.15, -0.1) is 5.62 Å². The SMILES string of the molecule is [B][B]B([B])B(B([B])[B])B(B(B([B])[B])B([B])[B])B(B(B(B([B])[B])B([B])[B])B(B([B])[B])B([B])[B])C(B(B(B(B([B])[B])B([B])[B])B(B([B])[B])B([B])[B])B(B(B([B])[B])B([B])[B])B(B([B])[B])B([B])[B])B(B(B(B([B])[B])B([B])[B])B(B([B])[B])B([B])[B])B(B(B([B])[B])B([B])[B])B(B([B])[B])B([B])[B]. The van der Waals surface area contributed by atoms with E-state index in [1.165, 1.54) is 0 Å². The lowest BCUT2D eigenvalue weighted by molar-refractivity contribution is 1.80. The van der Waals surface area contributed by atoms with E-state index in [1.807, 2.05) is 0 Å². The standard InChI is InChI=1S/CHB94/c2-50-77(49)95(76(47)48)83(94(74(43)44)75(45)46)53(82(92(70(35)36)71(37)38)93(72(39)40)73(41)42)1(51(78(84(54(3)4)55(5)6)85(56(7)8)57(9)10)79(86(58(11)12)59(13)14)87(60(15)16)61(17)18)52(80(88(62(19)20)63(21)22)89(64(23)24)65(25)26)81(90(66(27)28)67(29)30)91(68(31)32)69(33)34/h1H. The van der Waals surface area contributed by atoms with Gasteiger partial charge in [-0.3, -0.25) is 0 Å². The molecule has 0 aliphatic carbocycles. The Morgan fingerprint density at radius 2 is 0.211 bits per heavy atom. The third-order valence-corrected chi connectivity index (χ3v) is 20.2. The van der Waals surface area contributed by atoms with E-state index in [-0.39, 0.29) is 0 Å². The van der Waals surface area contributed by atoms with Crippen molar-refractivity contribution in [3.05, 3.63) is 0 Å². The number of rotatable bonds is 46. The van der Waals surface area contributed by atoms with Crippen LogP contribution >= 0.6 is 0 Å². The largest absolute Gasteiger partial charge is 0.146 e. The lowest BCUT2D eigenvalue weighted by atomic mass is 8.26. The highest BCUT2D eigenvalue weighted by Crippen LogP contribution is 2.37. The molecule has 0 nitrogen and oxygen atoms in total. The average Bonchev–Trinajstić information content (AvgIpc) is 3.36. The van der Waals surface area contributed by atoms with Gasteiger partial charge < -0.3 is 0 Å². The van der Waals surface area contributed by atoms with E-state index in [1.54, 1.807) is 0 Å². The Morgan fingerprint density at radius 3 is 0.284 bits per heavy atom. The van der Waals surface area contributed by atoms with E-state index in [0.29, 0.717) is 0 Å². The molecule has 0 N–H and O–H groups in total. The van der Waals surface area contributed by atoms with Crippen molar-refractivity contribution in [1.82, 2.24) is 0 Å². The molecule has 0 unspecified atom stereocenters. The molecule has 95 heavy (non-hydrogen) atoms. The summed E-state index contributed by atoms with van der Waals surface area (Å²) in [5.41, 5.74) is -2.22. The fraction of sp³-hybridized carbons (Fsp3) is 1.00. The Hall–Kier alpha value is 6.10. The summed E-state index contributed by atoms with van der Waals surface area (Å²) >= 11 is 0. The molecule has 0 saturated heterocycles. The highest BCUT2D eigenvalue weighted by atomic mass is 13.7. The minimum Gasteiger partial charge on any atom is -0.146 e. The van der Waals surface area contributed by atoms with Crippen molar-refractivity contribution in [2.45, 2.75) is 5.62 Å². The summed E-state index contributed by atoms with van der Waals surface area (Å²) < 4.78 is 0. The lowest BCUT2D eigenvalue weighted by Crippen LogP contribution is -2.96. The fourth-order valence-corrected chi connectivity index (χ4v) is 17.1. The van der Waals surface area contributed by atoms with Gasteiger partial charge in [0.15, 0.2) is 0 Å². The van der Waals surface area contributed by atoms with Gasteiger partial charge in [0.25, 0.3) is 0 Å². The highest BCUT2D eigenvalue weighted by Gasteiger charge is 2.67. The molecule has 0 spiro atoms. The van der Waals surface area contributed by atoms with Gasteiger partial charge in [-0.1, -0.05) is 0 Å². The maximum absolute atomic E-state index is 7.27. The zero-order valence-electron chi connectivity index (χ0n) is 54.8. The van der Waals surface area contributed by atoms with Gasteiger partial charge in [0.1, 0.15) is 0 Å². The third-order valence-electron chi connectivity index (χ3n) is 20.2. The van der Waals surface area contributed by atoms with Gasteiger partial charge >= 0.3 is 0 Å². The molecule has 0 aromatic rings. The zero-order valence-corrected chi connectivity index (χ0v) is 54.8. The maximum Gasteiger partial charge on any atom is 0.0294 e. The molecule has 0 rings (SSSR count). The first kappa shape index (κ1) is 101.